The number of aromatic nitrogens is 1. The second kappa shape index (κ2) is 8.26. The Bertz CT molecular complexity index is 835. The highest BCUT2D eigenvalue weighted by Gasteiger charge is 2.34. The summed E-state index contributed by atoms with van der Waals surface area (Å²) in [5.41, 5.74) is 0.0712. The normalized spacial score (nSPS) is 14.9. The number of methoxy groups -OCH3 is 1. The Kier molecular flexibility index (Phi) is 5.98. The number of alkyl halides is 3. The number of ether oxygens (including phenoxy) is 1. The van der Waals surface area contributed by atoms with Crippen molar-refractivity contribution in [1.29, 1.82) is 0 Å². The van der Waals surface area contributed by atoms with Crippen LogP contribution in [0.25, 0.3) is 0 Å². The van der Waals surface area contributed by atoms with Crippen molar-refractivity contribution >= 4 is 23.3 Å². The van der Waals surface area contributed by atoms with Crippen LogP contribution in [-0.4, -0.2) is 44.1 Å². The lowest BCUT2D eigenvalue weighted by Crippen LogP contribution is -2.50. The number of rotatable bonds is 4. The molecule has 0 radical (unpaired) electrons. The van der Waals surface area contributed by atoms with Gasteiger partial charge in [-0.1, -0.05) is 23.7 Å². The van der Waals surface area contributed by atoms with E-state index in [1.807, 2.05) is 29.2 Å². The number of amides is 1. The molecule has 1 saturated heterocycles. The van der Waals surface area contributed by atoms with Crippen LogP contribution >= 0.6 is 11.6 Å². The lowest BCUT2D eigenvalue weighted by Gasteiger charge is -2.31. The number of benzene rings is 1. The summed E-state index contributed by atoms with van der Waals surface area (Å²) in [7, 11) is 1.58. The van der Waals surface area contributed by atoms with E-state index in [0.29, 0.717) is 32.0 Å². The first-order valence-corrected chi connectivity index (χ1v) is 9.10. The summed E-state index contributed by atoms with van der Waals surface area (Å²) in [6, 6.07) is 8.23. The Morgan fingerprint density at radius 3 is 2.36 bits per heavy atom. The minimum Gasteiger partial charge on any atom is -0.497 e. The number of pyridine rings is 1. The molecule has 1 fully saturated rings. The SMILES string of the molecule is COc1ccc(CC(=O)N2CCN(c3[nH+]cc(C(F)(F)F)cc3Cl)CC2)cc1. The molecule has 0 spiro atoms. The van der Waals surface area contributed by atoms with Crippen molar-refractivity contribution in [3.8, 4) is 5.75 Å². The summed E-state index contributed by atoms with van der Waals surface area (Å²) in [6.07, 6.45) is -3.26. The van der Waals surface area contributed by atoms with Gasteiger partial charge in [-0.25, -0.2) is 4.98 Å². The summed E-state index contributed by atoms with van der Waals surface area (Å²) in [6.45, 7) is 1.91. The van der Waals surface area contributed by atoms with Crippen LogP contribution in [-0.2, 0) is 17.4 Å². The number of H-pyrrole nitrogens is 1. The van der Waals surface area contributed by atoms with E-state index in [2.05, 4.69) is 4.98 Å². The summed E-state index contributed by atoms with van der Waals surface area (Å²) in [5, 5.41) is 0.00725. The predicted octanol–water partition coefficient (Wildman–Crippen LogP) is 3.07. The Morgan fingerprint density at radius 1 is 1.18 bits per heavy atom. The molecule has 1 aliphatic rings. The zero-order valence-electron chi connectivity index (χ0n) is 15.2. The second-order valence-corrected chi connectivity index (χ2v) is 6.88. The van der Waals surface area contributed by atoms with Gasteiger partial charge in [0.2, 0.25) is 5.91 Å². The number of carbonyl (C=O) groups excluding carboxylic acids is 1. The molecule has 150 valence electrons. The lowest BCUT2D eigenvalue weighted by atomic mass is 10.1. The summed E-state index contributed by atoms with van der Waals surface area (Å²) in [4.78, 5) is 18.7. The second-order valence-electron chi connectivity index (χ2n) is 6.48. The molecule has 1 N–H and O–H groups in total. The van der Waals surface area contributed by atoms with Crippen molar-refractivity contribution in [1.82, 2.24) is 4.90 Å². The number of anilines is 1. The number of aromatic amines is 1. The zero-order valence-corrected chi connectivity index (χ0v) is 16.0. The highest BCUT2D eigenvalue weighted by molar-refractivity contribution is 6.32. The van der Waals surface area contributed by atoms with Gasteiger partial charge in [0.1, 0.15) is 30.1 Å². The number of halogens is 4. The van der Waals surface area contributed by atoms with Crippen LogP contribution in [0.2, 0.25) is 5.02 Å². The molecule has 1 aromatic carbocycles. The van der Waals surface area contributed by atoms with Crippen molar-refractivity contribution in [3.63, 3.8) is 0 Å². The highest BCUT2D eigenvalue weighted by Crippen LogP contribution is 2.32. The molecule has 3 rings (SSSR count). The average molecular weight is 415 g/mol. The quantitative estimate of drug-likeness (QED) is 0.772. The third-order valence-electron chi connectivity index (χ3n) is 4.66. The summed E-state index contributed by atoms with van der Waals surface area (Å²) in [5.74, 6) is 1.17. The lowest BCUT2D eigenvalue weighted by molar-refractivity contribution is -0.367. The van der Waals surface area contributed by atoms with Gasteiger partial charge in [0.15, 0.2) is 0 Å². The maximum absolute atomic E-state index is 12.8. The molecule has 5 nitrogen and oxygen atoms in total. The predicted molar refractivity (Wildman–Crippen MR) is 98.5 cm³/mol. The molecule has 1 amide bonds. The molecule has 2 aromatic rings. The van der Waals surface area contributed by atoms with Crippen LogP contribution in [0, 0.1) is 0 Å². The smallest absolute Gasteiger partial charge is 0.419 e. The Labute approximate surface area is 165 Å². The number of hydrogen-bond acceptors (Lipinski definition) is 3. The number of carbonyl (C=O) groups is 1. The van der Waals surface area contributed by atoms with E-state index in [4.69, 9.17) is 16.3 Å². The average Bonchev–Trinajstić information content (AvgIpc) is 2.68. The fourth-order valence-electron chi connectivity index (χ4n) is 3.08. The number of hydrogen-bond donors (Lipinski definition) is 0. The van der Waals surface area contributed by atoms with Gasteiger partial charge in [-0.2, -0.15) is 13.2 Å². The molecule has 9 heteroatoms. The summed E-state index contributed by atoms with van der Waals surface area (Å²) >= 11 is 6.04. The Hall–Kier alpha value is -2.48. The van der Waals surface area contributed by atoms with E-state index in [1.54, 1.807) is 12.0 Å². The van der Waals surface area contributed by atoms with E-state index in [-0.39, 0.29) is 17.4 Å². The molecule has 1 aliphatic heterocycles. The topological polar surface area (TPSA) is 46.9 Å². The van der Waals surface area contributed by atoms with Gasteiger partial charge in [-0.3, -0.25) is 9.69 Å². The first kappa shape index (κ1) is 20.3. The maximum Gasteiger partial charge on any atom is 0.419 e. The van der Waals surface area contributed by atoms with Gasteiger partial charge in [-0.05, 0) is 23.8 Å². The minimum atomic E-state index is -4.45. The molecule has 0 bridgehead atoms. The monoisotopic (exact) mass is 414 g/mol. The van der Waals surface area contributed by atoms with Gasteiger partial charge in [0.05, 0.1) is 32.2 Å². The van der Waals surface area contributed by atoms with Crippen LogP contribution in [0.15, 0.2) is 36.5 Å². The molecule has 28 heavy (non-hydrogen) atoms. The van der Waals surface area contributed by atoms with E-state index in [0.717, 1.165) is 23.6 Å². The van der Waals surface area contributed by atoms with Crippen LogP contribution in [0.5, 0.6) is 5.75 Å². The van der Waals surface area contributed by atoms with E-state index >= 15 is 0 Å². The third kappa shape index (κ3) is 4.67. The van der Waals surface area contributed by atoms with Gasteiger partial charge < -0.3 is 9.64 Å². The first-order valence-electron chi connectivity index (χ1n) is 8.72. The Morgan fingerprint density at radius 2 is 1.82 bits per heavy atom. The molecule has 0 atom stereocenters. The molecular formula is C19H20ClF3N3O2+. The fourth-order valence-corrected chi connectivity index (χ4v) is 3.37. The van der Waals surface area contributed by atoms with E-state index in [1.165, 1.54) is 0 Å². The van der Waals surface area contributed by atoms with Crippen LogP contribution in [0.4, 0.5) is 19.0 Å². The van der Waals surface area contributed by atoms with Gasteiger partial charge in [-0.15, -0.1) is 0 Å². The van der Waals surface area contributed by atoms with E-state index < -0.39 is 11.7 Å². The largest absolute Gasteiger partial charge is 0.497 e. The van der Waals surface area contributed by atoms with Gasteiger partial charge >= 0.3 is 6.18 Å². The van der Waals surface area contributed by atoms with Crippen LogP contribution in [0.1, 0.15) is 11.1 Å². The highest BCUT2D eigenvalue weighted by atomic mass is 35.5. The molecule has 0 unspecified atom stereocenters. The van der Waals surface area contributed by atoms with Crippen molar-refractivity contribution in [2.24, 2.45) is 0 Å². The molecular weight excluding hydrogens is 395 g/mol. The first-order chi connectivity index (χ1) is 13.3. The molecule has 0 saturated carbocycles. The third-order valence-corrected chi connectivity index (χ3v) is 4.95. The van der Waals surface area contributed by atoms with Crippen LogP contribution < -0.4 is 14.6 Å². The standard InChI is InChI=1S/C19H19ClF3N3O2/c1-28-15-4-2-13(3-5-15)10-17(27)25-6-8-26(9-7-25)18-16(20)11-14(12-24-18)19(21,22)23/h2-5,11-12H,6-10H2,1H3/p+1. The van der Waals surface area contributed by atoms with E-state index in [9.17, 15) is 18.0 Å². The Balaban J connectivity index is 1.58. The van der Waals surface area contributed by atoms with Crippen molar-refractivity contribution in [3.05, 3.63) is 52.7 Å². The van der Waals surface area contributed by atoms with Gasteiger partial charge in [0.25, 0.3) is 5.82 Å². The molecule has 1 aromatic heterocycles. The fraction of sp³-hybridized carbons (Fsp3) is 0.368. The molecule has 2 heterocycles. The van der Waals surface area contributed by atoms with Crippen molar-refractivity contribution < 1.29 is 27.7 Å². The number of piperazine rings is 1. The maximum atomic E-state index is 12.8. The van der Waals surface area contributed by atoms with Gasteiger partial charge in [0, 0.05) is 0 Å². The number of nitrogens with one attached hydrogen (secondary N) is 1. The zero-order chi connectivity index (χ0) is 20.3. The number of nitrogens with zero attached hydrogens (tertiary/aromatic N) is 2. The van der Waals surface area contributed by atoms with Crippen molar-refractivity contribution in [2.45, 2.75) is 12.6 Å². The summed E-state index contributed by atoms with van der Waals surface area (Å²) < 4.78 is 43.4. The molecule has 0 aliphatic carbocycles. The minimum absolute atomic E-state index is 0.00677. The van der Waals surface area contributed by atoms with Crippen LogP contribution in [0.3, 0.4) is 0 Å². The van der Waals surface area contributed by atoms with Crippen molar-refractivity contribution in [2.75, 3.05) is 38.2 Å².